The average molecular weight is 486 g/mol. The maximum atomic E-state index is 13.9. The lowest BCUT2D eigenvalue weighted by Gasteiger charge is -2.36. The maximum absolute atomic E-state index is 13.9. The Bertz CT molecular complexity index is 740. The Morgan fingerprint density at radius 2 is 1.41 bits per heavy atom. The second-order valence-electron chi connectivity index (χ2n) is 6.27. The van der Waals surface area contributed by atoms with Crippen molar-refractivity contribution in [1.29, 1.82) is 0 Å². The minimum Gasteiger partial charge on any atom is -0.395 e. The molecule has 0 aromatic heterocycles. The minimum absolute atomic E-state index is 0.0865. The van der Waals surface area contributed by atoms with E-state index in [1.54, 1.807) is 0 Å². The number of hydrogen-bond donors (Lipinski definition) is 2. The maximum Gasteiger partial charge on any atom is 0.461 e. The van der Waals surface area contributed by atoms with Crippen molar-refractivity contribution in [3.63, 3.8) is 0 Å². The van der Waals surface area contributed by atoms with E-state index in [2.05, 4.69) is 0 Å². The van der Waals surface area contributed by atoms with Crippen LogP contribution in [0.2, 0.25) is 0 Å². The van der Waals surface area contributed by atoms with Crippen LogP contribution in [0.15, 0.2) is 0 Å². The summed E-state index contributed by atoms with van der Waals surface area (Å²) in [5.41, 5.74) is 0. The summed E-state index contributed by atoms with van der Waals surface area (Å²) in [6.45, 7) is -2.59. The van der Waals surface area contributed by atoms with Crippen molar-refractivity contribution in [2.45, 2.75) is 36.2 Å². The number of sulfonamides is 1. The van der Waals surface area contributed by atoms with E-state index in [1.165, 1.54) is 19.0 Å². The highest BCUT2D eigenvalue weighted by Crippen LogP contribution is 2.50. The Kier molecular flexibility index (Phi) is 9.34. The lowest BCUT2D eigenvalue weighted by atomic mass is 10.2. The normalized spacial score (nSPS) is 15.9. The van der Waals surface area contributed by atoms with Crippen LogP contribution >= 0.6 is 0 Å². The number of aliphatic hydroxyl groups excluding tert-OH is 1. The summed E-state index contributed by atoms with van der Waals surface area (Å²) in [5.74, 6) is -8.16. The molecule has 0 radical (unpaired) electrons. The summed E-state index contributed by atoms with van der Waals surface area (Å²) in [6.07, 6.45) is -8.28. The Hall–Kier alpha value is -0.750. The fourth-order valence-electron chi connectivity index (χ4n) is 2.11. The zero-order valence-corrected chi connectivity index (χ0v) is 16.8. The molecule has 2 N–H and O–H groups in total. The zero-order chi connectivity index (χ0) is 23.5. The van der Waals surface area contributed by atoms with Gasteiger partial charge < -0.3 is 10.0 Å². The zero-order valence-electron chi connectivity index (χ0n) is 15.2. The van der Waals surface area contributed by atoms with Crippen LogP contribution in [0.4, 0.5) is 30.7 Å². The van der Waals surface area contributed by atoms with Gasteiger partial charge in [-0.3, -0.25) is 4.55 Å². The van der Waals surface area contributed by atoms with E-state index in [4.69, 9.17) is 4.55 Å². The Morgan fingerprint density at radius 1 is 0.931 bits per heavy atom. The van der Waals surface area contributed by atoms with E-state index < -0.39 is 79.6 Å². The first-order chi connectivity index (χ1) is 12.7. The van der Waals surface area contributed by atoms with E-state index in [0.717, 1.165) is 0 Å². The largest absolute Gasteiger partial charge is 0.461 e. The lowest BCUT2D eigenvalue weighted by Crippen LogP contribution is -2.61. The van der Waals surface area contributed by atoms with Gasteiger partial charge in [-0.2, -0.15) is 43.5 Å². The van der Waals surface area contributed by atoms with Crippen LogP contribution < -0.4 is 0 Å². The molecule has 0 aliphatic heterocycles. The van der Waals surface area contributed by atoms with Crippen molar-refractivity contribution < 1.29 is 57.2 Å². The van der Waals surface area contributed by atoms with E-state index in [9.17, 15) is 52.7 Å². The second kappa shape index (κ2) is 9.59. The Morgan fingerprint density at radius 3 is 1.76 bits per heavy atom. The fraction of sp³-hybridized carbons (Fsp3) is 1.00. The average Bonchev–Trinajstić information content (AvgIpc) is 2.50. The topological polar surface area (TPSA) is 115 Å². The molecule has 17 heteroatoms. The summed E-state index contributed by atoms with van der Waals surface area (Å²) in [5, 5.41) is 2.66. The number of rotatable bonds is 12. The van der Waals surface area contributed by atoms with Gasteiger partial charge >= 0.3 is 17.4 Å². The van der Waals surface area contributed by atoms with Crippen LogP contribution in [-0.4, -0.2) is 98.6 Å². The van der Waals surface area contributed by atoms with E-state index in [0.29, 0.717) is 0 Å². The van der Waals surface area contributed by atoms with Crippen LogP contribution in [0.25, 0.3) is 0 Å². The second-order valence-corrected chi connectivity index (χ2v) is 9.78. The van der Waals surface area contributed by atoms with Crippen LogP contribution in [0, 0.1) is 0 Å². The molecule has 0 spiro atoms. The third-order valence-electron chi connectivity index (χ3n) is 3.66. The van der Waals surface area contributed by atoms with Gasteiger partial charge in [0.15, 0.2) is 0 Å². The predicted octanol–water partition coefficient (Wildman–Crippen LogP) is 0.999. The molecule has 8 nitrogen and oxygen atoms in total. The standard InChI is InChI=1S/C12H21F7N2O6S2/c1-20(2)6-4-9(8-22)21(5-3-7-28(23,24)25)29(26,27)12(18,19)10(13,14)11(15,16)17/h9,22H,3-8H2,1-2H3,(H,23,24,25). The predicted molar refractivity (Wildman–Crippen MR) is 86.7 cm³/mol. The molecule has 1 atom stereocenters. The van der Waals surface area contributed by atoms with Crippen molar-refractivity contribution >= 4 is 20.1 Å². The van der Waals surface area contributed by atoms with Crippen LogP contribution in [-0.2, 0) is 20.1 Å². The quantitative estimate of drug-likeness (QED) is 0.312. The third kappa shape index (κ3) is 6.88. The van der Waals surface area contributed by atoms with Crippen LogP contribution in [0.1, 0.15) is 12.8 Å². The molecular weight excluding hydrogens is 465 g/mol. The molecule has 0 bridgehead atoms. The highest BCUT2D eigenvalue weighted by molar-refractivity contribution is 7.90. The Balaban J connectivity index is 6.17. The molecule has 176 valence electrons. The molecule has 0 amide bonds. The summed E-state index contributed by atoms with van der Waals surface area (Å²) >= 11 is 0. The summed E-state index contributed by atoms with van der Waals surface area (Å²) in [6, 6.07) is -1.86. The van der Waals surface area contributed by atoms with Crippen molar-refractivity contribution in [3.8, 4) is 0 Å². The summed E-state index contributed by atoms with van der Waals surface area (Å²) in [4.78, 5) is 1.38. The smallest absolute Gasteiger partial charge is 0.395 e. The molecule has 0 aromatic carbocycles. The molecule has 0 aliphatic rings. The third-order valence-corrected chi connectivity index (χ3v) is 6.47. The van der Waals surface area contributed by atoms with Crippen molar-refractivity contribution in [1.82, 2.24) is 9.21 Å². The molecular formula is C12H21F7N2O6S2. The monoisotopic (exact) mass is 486 g/mol. The highest BCUT2D eigenvalue weighted by atomic mass is 32.2. The van der Waals surface area contributed by atoms with Gasteiger partial charge in [0.05, 0.1) is 12.4 Å². The number of halogens is 7. The van der Waals surface area contributed by atoms with Crippen LogP contribution in [0.3, 0.4) is 0 Å². The SMILES string of the molecule is CN(C)CCC(CO)N(CCCS(=O)(=O)O)S(=O)(=O)C(F)(F)C(F)(F)C(F)(F)F. The van der Waals surface area contributed by atoms with Crippen molar-refractivity contribution in [3.05, 3.63) is 0 Å². The van der Waals surface area contributed by atoms with Crippen molar-refractivity contribution in [2.75, 3.05) is 39.5 Å². The molecule has 0 rings (SSSR count). The van der Waals surface area contributed by atoms with Gasteiger partial charge in [-0.1, -0.05) is 0 Å². The van der Waals surface area contributed by atoms with E-state index in [-0.39, 0.29) is 6.54 Å². The molecule has 0 saturated heterocycles. The minimum atomic E-state index is -6.97. The molecule has 0 saturated carbocycles. The van der Waals surface area contributed by atoms with E-state index >= 15 is 0 Å². The van der Waals surface area contributed by atoms with Crippen molar-refractivity contribution in [2.24, 2.45) is 0 Å². The van der Waals surface area contributed by atoms with Gasteiger partial charge in [0, 0.05) is 12.6 Å². The number of aliphatic hydroxyl groups is 1. The highest BCUT2D eigenvalue weighted by Gasteiger charge is 2.79. The molecule has 0 aliphatic carbocycles. The van der Waals surface area contributed by atoms with Gasteiger partial charge in [-0.25, -0.2) is 8.42 Å². The Labute approximate surface area is 163 Å². The van der Waals surface area contributed by atoms with Gasteiger partial charge in [0.25, 0.3) is 20.1 Å². The van der Waals surface area contributed by atoms with E-state index in [1.807, 2.05) is 0 Å². The molecule has 1 unspecified atom stereocenters. The molecule has 0 heterocycles. The fourth-order valence-corrected chi connectivity index (χ4v) is 4.27. The first kappa shape index (κ1) is 28.2. The van der Waals surface area contributed by atoms with Gasteiger partial charge in [-0.15, -0.1) is 0 Å². The number of alkyl halides is 7. The molecule has 0 aromatic rings. The molecule has 29 heavy (non-hydrogen) atoms. The van der Waals surface area contributed by atoms with Gasteiger partial charge in [0.1, 0.15) is 0 Å². The summed E-state index contributed by atoms with van der Waals surface area (Å²) in [7, 11) is -8.58. The number of hydrogen-bond acceptors (Lipinski definition) is 6. The number of nitrogens with zero attached hydrogens (tertiary/aromatic N) is 2. The van der Waals surface area contributed by atoms with Crippen LogP contribution in [0.5, 0.6) is 0 Å². The van der Waals surface area contributed by atoms with Gasteiger partial charge in [0.2, 0.25) is 0 Å². The lowest BCUT2D eigenvalue weighted by molar-refractivity contribution is -0.332. The first-order valence-electron chi connectivity index (χ1n) is 7.77. The van der Waals surface area contributed by atoms with Gasteiger partial charge in [-0.05, 0) is 33.5 Å². The first-order valence-corrected chi connectivity index (χ1v) is 10.8. The summed E-state index contributed by atoms with van der Waals surface area (Å²) < 4.78 is 145. The molecule has 0 fully saturated rings.